The number of rotatable bonds is 57. The Kier molecular flexibility index (Phi) is 56.0. The Labute approximate surface area is 419 Å². The van der Waals surface area contributed by atoms with Gasteiger partial charge in [0.2, 0.25) is 5.91 Å². The first kappa shape index (κ1) is 65.6. The van der Waals surface area contributed by atoms with Crippen molar-refractivity contribution in [3.63, 3.8) is 0 Å². The predicted octanol–water partition coefficient (Wildman–Crippen LogP) is 18.9. The molecule has 0 aliphatic rings. The first-order valence-electron chi connectivity index (χ1n) is 30.4. The fourth-order valence-electron chi connectivity index (χ4n) is 9.64. The van der Waals surface area contributed by atoms with Crippen LogP contribution in [0.4, 0.5) is 0 Å². The van der Waals surface area contributed by atoms with Crippen molar-refractivity contribution in [1.29, 1.82) is 0 Å². The van der Waals surface area contributed by atoms with Gasteiger partial charge in [-0.05, 0) is 51.4 Å². The largest absolute Gasteiger partial charge is 0.466 e. The van der Waals surface area contributed by atoms with Crippen LogP contribution in [0.15, 0.2) is 12.2 Å². The standard InChI is InChI=1S/C61H119NO5/c1-3-5-7-9-11-13-14-15-16-17-26-29-32-35-39-43-47-51-55-61(66)67-56-52-48-44-40-36-33-30-27-24-22-20-18-19-21-23-25-28-31-34-38-42-46-50-54-60(65)62-58(57-63)59(64)53-49-45-41-37-12-10-8-6-4-2/h21,23,58-59,63-64H,3-20,22,24-57H2,1-2H3,(H,62,65)/b23-21-. The molecule has 0 aromatic carbocycles. The van der Waals surface area contributed by atoms with Crippen molar-refractivity contribution in [2.24, 2.45) is 0 Å². The van der Waals surface area contributed by atoms with E-state index in [0.29, 0.717) is 25.9 Å². The van der Waals surface area contributed by atoms with Gasteiger partial charge in [0.25, 0.3) is 0 Å². The normalized spacial score (nSPS) is 12.6. The average molecular weight is 947 g/mol. The lowest BCUT2D eigenvalue weighted by molar-refractivity contribution is -0.143. The predicted molar refractivity (Wildman–Crippen MR) is 292 cm³/mol. The number of allylic oxidation sites excluding steroid dienone is 2. The van der Waals surface area contributed by atoms with E-state index < -0.39 is 12.1 Å². The number of carbonyl (C=O) groups is 2. The minimum atomic E-state index is -0.665. The van der Waals surface area contributed by atoms with E-state index in [1.54, 1.807) is 0 Å². The molecule has 0 heterocycles. The molecule has 0 bridgehead atoms. The van der Waals surface area contributed by atoms with E-state index in [2.05, 4.69) is 31.3 Å². The molecule has 6 heteroatoms. The fraction of sp³-hybridized carbons (Fsp3) is 0.934. The van der Waals surface area contributed by atoms with Gasteiger partial charge >= 0.3 is 5.97 Å². The molecule has 1 amide bonds. The average Bonchev–Trinajstić information content (AvgIpc) is 3.33. The van der Waals surface area contributed by atoms with Gasteiger partial charge in [-0.2, -0.15) is 0 Å². The molecular weight excluding hydrogens is 827 g/mol. The van der Waals surface area contributed by atoms with Crippen molar-refractivity contribution in [2.45, 2.75) is 353 Å². The number of ether oxygens (including phenoxy) is 1. The van der Waals surface area contributed by atoms with Crippen molar-refractivity contribution in [3.8, 4) is 0 Å². The molecule has 0 fully saturated rings. The number of hydrogen-bond donors (Lipinski definition) is 3. The molecule has 0 aliphatic carbocycles. The molecule has 0 aromatic heterocycles. The SMILES string of the molecule is CCCCCCCCCCCCCCCCCCCCC(=O)OCCCCCCCCCCCCCC/C=C\CCCCCCCCCC(=O)NC(CO)C(O)CCCCCCCCCCC. The van der Waals surface area contributed by atoms with Gasteiger partial charge in [0.1, 0.15) is 0 Å². The van der Waals surface area contributed by atoms with Crippen LogP contribution in [0.2, 0.25) is 0 Å². The summed E-state index contributed by atoms with van der Waals surface area (Å²) < 4.78 is 5.50. The third-order valence-corrected chi connectivity index (χ3v) is 14.3. The molecule has 0 saturated carbocycles. The summed E-state index contributed by atoms with van der Waals surface area (Å²) in [6.07, 6.45) is 68.0. The Bertz CT molecular complexity index is 1000. The van der Waals surface area contributed by atoms with E-state index in [0.717, 1.165) is 38.5 Å². The lowest BCUT2D eigenvalue weighted by Crippen LogP contribution is -2.45. The number of amides is 1. The first-order chi connectivity index (χ1) is 33.0. The summed E-state index contributed by atoms with van der Waals surface area (Å²) in [5.41, 5.74) is 0. The third-order valence-electron chi connectivity index (χ3n) is 14.3. The van der Waals surface area contributed by atoms with Gasteiger partial charge in [0.05, 0.1) is 25.4 Å². The fourth-order valence-corrected chi connectivity index (χ4v) is 9.64. The number of aliphatic hydroxyl groups is 2. The molecule has 398 valence electrons. The van der Waals surface area contributed by atoms with Gasteiger partial charge in [-0.1, -0.05) is 289 Å². The zero-order valence-electron chi connectivity index (χ0n) is 45.4. The van der Waals surface area contributed by atoms with E-state index in [1.165, 1.54) is 270 Å². The Morgan fingerprint density at radius 3 is 1.06 bits per heavy atom. The van der Waals surface area contributed by atoms with Crippen LogP contribution in [0.25, 0.3) is 0 Å². The highest BCUT2D eigenvalue weighted by Crippen LogP contribution is 2.18. The highest BCUT2D eigenvalue weighted by atomic mass is 16.5. The minimum Gasteiger partial charge on any atom is -0.466 e. The Morgan fingerprint density at radius 1 is 0.403 bits per heavy atom. The van der Waals surface area contributed by atoms with Crippen molar-refractivity contribution < 1.29 is 24.5 Å². The van der Waals surface area contributed by atoms with E-state index in [1.807, 2.05) is 0 Å². The Hall–Kier alpha value is -1.40. The van der Waals surface area contributed by atoms with E-state index >= 15 is 0 Å². The summed E-state index contributed by atoms with van der Waals surface area (Å²) >= 11 is 0. The highest BCUT2D eigenvalue weighted by molar-refractivity contribution is 5.76. The summed E-state index contributed by atoms with van der Waals surface area (Å²) in [7, 11) is 0. The zero-order chi connectivity index (χ0) is 48.6. The van der Waals surface area contributed by atoms with Crippen LogP contribution in [0.5, 0.6) is 0 Å². The zero-order valence-corrected chi connectivity index (χ0v) is 45.4. The molecule has 6 nitrogen and oxygen atoms in total. The van der Waals surface area contributed by atoms with Gasteiger partial charge in [-0.15, -0.1) is 0 Å². The minimum absolute atomic E-state index is 0.0163. The van der Waals surface area contributed by atoms with Crippen LogP contribution in [-0.4, -0.2) is 47.4 Å². The highest BCUT2D eigenvalue weighted by Gasteiger charge is 2.20. The van der Waals surface area contributed by atoms with Crippen LogP contribution >= 0.6 is 0 Å². The molecule has 0 saturated heterocycles. The topological polar surface area (TPSA) is 95.9 Å². The molecule has 0 radical (unpaired) electrons. The van der Waals surface area contributed by atoms with E-state index in [9.17, 15) is 19.8 Å². The molecule has 67 heavy (non-hydrogen) atoms. The summed E-state index contributed by atoms with van der Waals surface area (Å²) in [5.74, 6) is -0.0263. The summed E-state index contributed by atoms with van der Waals surface area (Å²) in [5, 5.41) is 23.1. The number of aliphatic hydroxyl groups excluding tert-OH is 2. The number of hydrogen-bond acceptors (Lipinski definition) is 5. The number of nitrogens with one attached hydrogen (secondary N) is 1. The van der Waals surface area contributed by atoms with Gasteiger partial charge < -0.3 is 20.3 Å². The second kappa shape index (κ2) is 57.2. The molecule has 0 aliphatic heterocycles. The maximum Gasteiger partial charge on any atom is 0.305 e. The van der Waals surface area contributed by atoms with Crippen molar-refractivity contribution in [2.75, 3.05) is 13.2 Å². The van der Waals surface area contributed by atoms with Crippen molar-refractivity contribution in [1.82, 2.24) is 5.32 Å². The molecule has 0 aromatic rings. The quantitative estimate of drug-likeness (QED) is 0.0321. The number of carbonyl (C=O) groups excluding carboxylic acids is 2. The molecule has 0 rings (SSSR count). The van der Waals surface area contributed by atoms with Crippen LogP contribution in [0.1, 0.15) is 341 Å². The Balaban J connectivity index is 3.35. The van der Waals surface area contributed by atoms with E-state index in [-0.39, 0.29) is 18.5 Å². The third kappa shape index (κ3) is 53.8. The summed E-state index contributed by atoms with van der Waals surface area (Å²) in [6, 6.07) is -0.543. The van der Waals surface area contributed by atoms with Crippen molar-refractivity contribution >= 4 is 11.9 Å². The molecule has 2 unspecified atom stereocenters. The van der Waals surface area contributed by atoms with Gasteiger partial charge in [-0.25, -0.2) is 0 Å². The second-order valence-electron chi connectivity index (χ2n) is 21.0. The van der Waals surface area contributed by atoms with Crippen LogP contribution in [0, 0.1) is 0 Å². The molecule has 2 atom stereocenters. The number of esters is 1. The van der Waals surface area contributed by atoms with Crippen LogP contribution < -0.4 is 5.32 Å². The maximum absolute atomic E-state index is 12.4. The van der Waals surface area contributed by atoms with Crippen molar-refractivity contribution in [3.05, 3.63) is 12.2 Å². The van der Waals surface area contributed by atoms with Crippen LogP contribution in [0.3, 0.4) is 0 Å². The maximum atomic E-state index is 12.4. The summed E-state index contributed by atoms with van der Waals surface area (Å²) in [4.78, 5) is 24.5. The number of unbranched alkanes of at least 4 members (excludes halogenated alkanes) is 44. The van der Waals surface area contributed by atoms with Gasteiger partial charge in [0, 0.05) is 12.8 Å². The first-order valence-corrected chi connectivity index (χ1v) is 30.4. The molecule has 0 spiro atoms. The van der Waals surface area contributed by atoms with Crippen LogP contribution in [-0.2, 0) is 14.3 Å². The monoisotopic (exact) mass is 946 g/mol. The molecular formula is C61H119NO5. The van der Waals surface area contributed by atoms with Gasteiger partial charge in [0.15, 0.2) is 0 Å². The Morgan fingerprint density at radius 2 is 0.701 bits per heavy atom. The molecule has 3 N–H and O–H groups in total. The van der Waals surface area contributed by atoms with Gasteiger partial charge in [-0.3, -0.25) is 9.59 Å². The lowest BCUT2D eigenvalue weighted by Gasteiger charge is -2.22. The van der Waals surface area contributed by atoms with E-state index in [4.69, 9.17) is 4.74 Å². The smallest absolute Gasteiger partial charge is 0.305 e. The lowest BCUT2D eigenvalue weighted by atomic mass is 10.0. The summed E-state index contributed by atoms with van der Waals surface area (Å²) in [6.45, 7) is 4.95. The second-order valence-corrected chi connectivity index (χ2v) is 21.0.